The molecular formula is C56H82N8O7. The van der Waals surface area contributed by atoms with Crippen molar-refractivity contribution in [3.63, 3.8) is 0 Å². The lowest BCUT2D eigenvalue weighted by molar-refractivity contribution is -0.148. The van der Waals surface area contributed by atoms with Crippen molar-refractivity contribution in [2.24, 2.45) is 0 Å². The van der Waals surface area contributed by atoms with Gasteiger partial charge in [-0.2, -0.15) is 5.10 Å². The van der Waals surface area contributed by atoms with E-state index in [-0.39, 0.29) is 48.8 Å². The Labute approximate surface area is 421 Å². The predicted octanol–water partition coefficient (Wildman–Crippen LogP) is 8.90. The Morgan fingerprint density at radius 1 is 0.704 bits per heavy atom. The number of aromatic nitrogens is 3. The van der Waals surface area contributed by atoms with Crippen LogP contribution in [0, 0.1) is 6.92 Å². The fourth-order valence-corrected chi connectivity index (χ4v) is 11.0. The second kappa shape index (κ2) is 27.0. The molecule has 5 heterocycles. The number of rotatable bonds is 24. The second-order valence-electron chi connectivity index (χ2n) is 20.6. The third-order valence-corrected chi connectivity index (χ3v) is 15.3. The minimum atomic E-state index is -0.804. The van der Waals surface area contributed by atoms with Crippen molar-refractivity contribution in [3.05, 3.63) is 75.7 Å². The Balaban J connectivity index is 1.00. The summed E-state index contributed by atoms with van der Waals surface area (Å²) >= 11 is 0. The molecule has 0 unspecified atom stereocenters. The van der Waals surface area contributed by atoms with E-state index in [1.54, 1.807) is 20.3 Å². The number of piperazine rings is 1. The highest BCUT2D eigenvalue weighted by Gasteiger charge is 2.34. The van der Waals surface area contributed by atoms with Crippen LogP contribution in [0.25, 0.3) is 21.8 Å². The summed E-state index contributed by atoms with van der Waals surface area (Å²) in [5.41, 5.74) is 3.90. The van der Waals surface area contributed by atoms with Crippen LogP contribution >= 0.6 is 0 Å². The standard InChI is InChI=1S/C56H82N8O7/c1-5-7-9-11-13-15-21-51(65)70-40-63-50-20-18-17-19-45(50)38-48(54(63)67)44-23-29-62(30-24-44)56(69)58-49(55(68)61-33-31-60(32-34-61)47-25-27-59(4)28-26-47)37-43-35-42(3)53-46(36-43)39-57-64(53)41-71-52(66)22-16-14-12-10-8-6-2/h17-20,35-36,38-39,44,47,49H,5-16,21-34,37,40-41H2,1-4H3,(H,58,69)/t49-/m1/s1. The highest BCUT2D eigenvalue weighted by atomic mass is 16.5. The highest BCUT2D eigenvalue weighted by molar-refractivity contribution is 5.88. The number of fused-ring (bicyclic) bond motifs is 2. The lowest BCUT2D eigenvalue weighted by Crippen LogP contribution is -2.59. The molecular weight excluding hydrogens is 897 g/mol. The Hall–Kier alpha value is -5.28. The summed E-state index contributed by atoms with van der Waals surface area (Å²) in [5, 5.41) is 9.53. The fraction of sp³-hybridized carbons (Fsp3) is 0.643. The number of carbonyl (C=O) groups excluding carboxylic acids is 4. The number of hydrogen-bond acceptors (Lipinski definition) is 10. The molecule has 7 rings (SSSR count). The number of piperidine rings is 2. The quantitative estimate of drug-likeness (QED) is 0.0533. The van der Waals surface area contributed by atoms with E-state index in [1.807, 2.05) is 54.3 Å². The molecule has 3 amide bonds. The van der Waals surface area contributed by atoms with Crippen LogP contribution in [0.3, 0.4) is 0 Å². The lowest BCUT2D eigenvalue weighted by Gasteiger charge is -2.43. The lowest BCUT2D eigenvalue weighted by atomic mass is 9.89. The van der Waals surface area contributed by atoms with E-state index in [9.17, 15) is 24.0 Å². The van der Waals surface area contributed by atoms with Crippen LogP contribution in [-0.2, 0) is 43.7 Å². The number of aryl methyl sites for hydroxylation is 1. The van der Waals surface area contributed by atoms with Crippen molar-refractivity contribution in [2.45, 2.75) is 174 Å². The molecule has 3 saturated heterocycles. The van der Waals surface area contributed by atoms with Crippen LogP contribution in [-0.4, -0.2) is 129 Å². The second-order valence-corrected chi connectivity index (χ2v) is 20.6. The molecule has 388 valence electrons. The van der Waals surface area contributed by atoms with Gasteiger partial charge in [0.05, 0.1) is 17.2 Å². The number of urea groups is 1. The SMILES string of the molecule is CCCCCCCCC(=O)OCn1ncc2cc(C[C@@H](NC(=O)N3CCC(c4cc5ccccc5n(COC(=O)CCCCCCCC)c4=O)CC3)C(=O)N3CCN(C4CCN(C)CC4)CC3)cc(C)c21. The molecule has 0 saturated carbocycles. The van der Waals surface area contributed by atoms with Gasteiger partial charge in [-0.15, -0.1) is 0 Å². The minimum Gasteiger partial charge on any atom is -0.444 e. The number of benzene rings is 2. The molecule has 0 spiro atoms. The minimum absolute atomic E-state index is 0.0293. The van der Waals surface area contributed by atoms with Crippen LogP contribution in [0.5, 0.6) is 0 Å². The summed E-state index contributed by atoms with van der Waals surface area (Å²) in [6.07, 6.45) is 19.2. The molecule has 2 aromatic heterocycles. The van der Waals surface area contributed by atoms with E-state index in [1.165, 1.54) is 38.5 Å². The third kappa shape index (κ3) is 14.9. The van der Waals surface area contributed by atoms with Crippen molar-refractivity contribution < 1.29 is 28.7 Å². The molecule has 1 atom stereocenters. The zero-order valence-corrected chi connectivity index (χ0v) is 43.3. The topological polar surface area (TPSA) is 152 Å². The van der Waals surface area contributed by atoms with E-state index in [0.29, 0.717) is 75.4 Å². The maximum absolute atomic E-state index is 14.6. The normalized spacial score (nSPS) is 17.0. The third-order valence-electron chi connectivity index (χ3n) is 15.3. The number of esters is 2. The predicted molar refractivity (Wildman–Crippen MR) is 279 cm³/mol. The number of ether oxygens (including phenoxy) is 2. The number of amides is 3. The molecule has 3 aliphatic rings. The maximum Gasteiger partial charge on any atom is 0.318 e. The molecule has 2 aromatic carbocycles. The van der Waals surface area contributed by atoms with E-state index in [0.717, 1.165) is 105 Å². The first-order chi connectivity index (χ1) is 34.5. The van der Waals surface area contributed by atoms with Crippen LogP contribution in [0.4, 0.5) is 4.79 Å². The average Bonchev–Trinajstić information content (AvgIpc) is 3.80. The summed E-state index contributed by atoms with van der Waals surface area (Å²) in [4.78, 5) is 77.1. The number of hydrogen-bond donors (Lipinski definition) is 1. The Kier molecular flexibility index (Phi) is 20.3. The van der Waals surface area contributed by atoms with Crippen LogP contribution < -0.4 is 10.9 Å². The van der Waals surface area contributed by atoms with E-state index in [4.69, 9.17) is 9.47 Å². The molecule has 4 aromatic rings. The first-order valence-electron chi connectivity index (χ1n) is 27.2. The number of nitrogens with one attached hydrogen (secondary N) is 1. The van der Waals surface area contributed by atoms with Crippen molar-refractivity contribution >= 4 is 45.7 Å². The molecule has 0 aliphatic carbocycles. The fourth-order valence-electron chi connectivity index (χ4n) is 11.0. The van der Waals surface area contributed by atoms with Crippen LogP contribution in [0.15, 0.2) is 53.5 Å². The van der Waals surface area contributed by atoms with Gasteiger partial charge < -0.3 is 29.5 Å². The molecule has 1 N–H and O–H groups in total. The molecule has 0 bridgehead atoms. The summed E-state index contributed by atoms with van der Waals surface area (Å²) in [7, 11) is 2.17. The van der Waals surface area contributed by atoms with Gasteiger partial charge in [-0.05, 0) is 106 Å². The van der Waals surface area contributed by atoms with Gasteiger partial charge in [-0.3, -0.25) is 28.6 Å². The van der Waals surface area contributed by atoms with Gasteiger partial charge in [0.15, 0.2) is 13.5 Å². The molecule has 3 fully saturated rings. The van der Waals surface area contributed by atoms with Gasteiger partial charge in [-0.1, -0.05) is 102 Å². The van der Waals surface area contributed by atoms with Gasteiger partial charge >= 0.3 is 18.0 Å². The van der Waals surface area contributed by atoms with Gasteiger partial charge in [0, 0.05) is 75.5 Å². The Morgan fingerprint density at radius 2 is 1.32 bits per heavy atom. The van der Waals surface area contributed by atoms with Gasteiger partial charge in [-0.25, -0.2) is 9.48 Å². The zero-order chi connectivity index (χ0) is 50.1. The molecule has 3 aliphatic heterocycles. The Bertz CT molecular complexity index is 2430. The van der Waals surface area contributed by atoms with Gasteiger partial charge in [0.25, 0.3) is 5.56 Å². The number of likely N-dealkylation sites (tertiary alicyclic amines) is 2. The van der Waals surface area contributed by atoms with Crippen molar-refractivity contribution in [3.8, 4) is 0 Å². The van der Waals surface area contributed by atoms with E-state index in [2.05, 4.69) is 41.1 Å². The maximum atomic E-state index is 14.6. The van der Waals surface area contributed by atoms with Crippen molar-refractivity contribution in [1.29, 1.82) is 0 Å². The van der Waals surface area contributed by atoms with Crippen LogP contribution in [0.1, 0.15) is 152 Å². The smallest absolute Gasteiger partial charge is 0.318 e. The number of unbranched alkanes of at least 4 members (excludes halogenated alkanes) is 10. The number of carbonyl (C=O) groups is 4. The van der Waals surface area contributed by atoms with Gasteiger partial charge in [0.1, 0.15) is 6.04 Å². The molecule has 0 radical (unpaired) electrons. The van der Waals surface area contributed by atoms with Gasteiger partial charge in [0.2, 0.25) is 5.91 Å². The average molecular weight is 979 g/mol. The molecule has 15 nitrogen and oxygen atoms in total. The summed E-state index contributed by atoms with van der Waals surface area (Å²) in [5.74, 6) is -0.712. The first-order valence-corrected chi connectivity index (χ1v) is 27.2. The summed E-state index contributed by atoms with van der Waals surface area (Å²) in [6, 6.07) is 13.1. The number of nitrogens with zero attached hydrogens (tertiary/aromatic N) is 7. The molecule has 15 heteroatoms. The Morgan fingerprint density at radius 3 is 1.99 bits per heavy atom. The number of para-hydroxylation sites is 1. The highest BCUT2D eigenvalue weighted by Crippen LogP contribution is 2.29. The van der Waals surface area contributed by atoms with E-state index < -0.39 is 6.04 Å². The monoisotopic (exact) mass is 979 g/mol. The first kappa shape index (κ1) is 53.5. The van der Waals surface area contributed by atoms with Crippen molar-refractivity contribution in [1.82, 2.24) is 39.3 Å². The molecule has 71 heavy (non-hydrogen) atoms. The van der Waals surface area contributed by atoms with Crippen LogP contribution in [0.2, 0.25) is 0 Å². The summed E-state index contributed by atoms with van der Waals surface area (Å²) < 4.78 is 14.6. The van der Waals surface area contributed by atoms with Crippen molar-refractivity contribution in [2.75, 3.05) is 59.4 Å². The summed E-state index contributed by atoms with van der Waals surface area (Å²) in [6.45, 7) is 12.1. The largest absolute Gasteiger partial charge is 0.444 e. The van der Waals surface area contributed by atoms with E-state index >= 15 is 0 Å². The number of pyridine rings is 1. The zero-order valence-electron chi connectivity index (χ0n) is 43.3.